The van der Waals surface area contributed by atoms with Crippen molar-refractivity contribution in [2.75, 3.05) is 12.3 Å². The topological polar surface area (TPSA) is 17.1 Å². The van der Waals surface area contributed by atoms with Gasteiger partial charge in [0.15, 0.2) is 0 Å². The molecule has 0 bridgehead atoms. The first-order valence-electron chi connectivity index (χ1n) is 4.73. The van der Waals surface area contributed by atoms with Gasteiger partial charge in [-0.25, -0.2) is 0 Å². The standard InChI is InChI=1S/C9H19OP/c1-9(2)11(10)7-5-3-4-6-8-11/h9H,3-8H2,1-2H3. The fourth-order valence-electron chi connectivity index (χ4n) is 1.74. The number of rotatable bonds is 1. The summed E-state index contributed by atoms with van der Waals surface area (Å²) in [6, 6.07) is 0. The van der Waals surface area contributed by atoms with E-state index in [0.717, 1.165) is 12.3 Å². The monoisotopic (exact) mass is 174 g/mol. The minimum Gasteiger partial charge on any atom is -0.323 e. The fourth-order valence-corrected chi connectivity index (χ4v) is 4.51. The lowest BCUT2D eigenvalue weighted by Crippen LogP contribution is -2.03. The average molecular weight is 174 g/mol. The molecule has 0 radical (unpaired) electrons. The quantitative estimate of drug-likeness (QED) is 0.557. The predicted molar refractivity (Wildman–Crippen MR) is 50.9 cm³/mol. The van der Waals surface area contributed by atoms with Gasteiger partial charge in [0.1, 0.15) is 0 Å². The molecule has 0 N–H and O–H groups in total. The van der Waals surface area contributed by atoms with Crippen LogP contribution in [0.15, 0.2) is 0 Å². The van der Waals surface area contributed by atoms with Crippen LogP contribution in [0.5, 0.6) is 0 Å². The SMILES string of the molecule is CC(C)P1(=O)CCCCCC1. The van der Waals surface area contributed by atoms with Gasteiger partial charge in [-0.2, -0.15) is 0 Å². The van der Waals surface area contributed by atoms with Crippen molar-refractivity contribution in [3.63, 3.8) is 0 Å². The molecule has 0 atom stereocenters. The first-order chi connectivity index (χ1) is 5.15. The lowest BCUT2D eigenvalue weighted by molar-refractivity contribution is 0.567. The normalized spacial score (nSPS) is 25.0. The van der Waals surface area contributed by atoms with Gasteiger partial charge in [-0.15, -0.1) is 0 Å². The molecule has 1 saturated heterocycles. The van der Waals surface area contributed by atoms with E-state index in [-0.39, 0.29) is 0 Å². The summed E-state index contributed by atoms with van der Waals surface area (Å²) in [7, 11) is -1.73. The molecular formula is C9H19OP. The average Bonchev–Trinajstić information content (AvgIpc) is 2.15. The second-order valence-corrected chi connectivity index (χ2v) is 7.74. The zero-order chi connectivity index (χ0) is 8.32. The highest BCUT2D eigenvalue weighted by Crippen LogP contribution is 2.53. The zero-order valence-corrected chi connectivity index (χ0v) is 8.57. The summed E-state index contributed by atoms with van der Waals surface area (Å²) in [6.45, 7) is 4.23. The van der Waals surface area contributed by atoms with E-state index in [2.05, 4.69) is 13.8 Å². The van der Waals surface area contributed by atoms with Gasteiger partial charge in [-0.05, 0) is 12.8 Å². The van der Waals surface area contributed by atoms with Gasteiger partial charge >= 0.3 is 0 Å². The third kappa shape index (κ3) is 2.33. The molecule has 66 valence electrons. The summed E-state index contributed by atoms with van der Waals surface area (Å²) in [5, 5.41) is 0. The van der Waals surface area contributed by atoms with Crippen molar-refractivity contribution < 1.29 is 4.57 Å². The van der Waals surface area contributed by atoms with Gasteiger partial charge in [-0.3, -0.25) is 0 Å². The Kier molecular flexibility index (Phi) is 3.18. The molecule has 2 heteroatoms. The molecule has 0 aromatic rings. The van der Waals surface area contributed by atoms with Crippen molar-refractivity contribution in [3.05, 3.63) is 0 Å². The maximum absolute atomic E-state index is 12.2. The maximum atomic E-state index is 12.2. The Morgan fingerprint density at radius 1 is 1.00 bits per heavy atom. The lowest BCUT2D eigenvalue weighted by atomic mass is 10.2. The highest BCUT2D eigenvalue weighted by atomic mass is 31.2. The molecule has 1 aliphatic heterocycles. The van der Waals surface area contributed by atoms with E-state index in [0.29, 0.717) is 5.66 Å². The summed E-state index contributed by atoms with van der Waals surface area (Å²) in [5.41, 5.74) is 0.431. The molecule has 0 aromatic carbocycles. The molecule has 0 unspecified atom stereocenters. The van der Waals surface area contributed by atoms with E-state index in [9.17, 15) is 4.57 Å². The highest BCUT2D eigenvalue weighted by molar-refractivity contribution is 7.64. The first-order valence-corrected chi connectivity index (χ1v) is 6.87. The Morgan fingerprint density at radius 2 is 1.45 bits per heavy atom. The molecule has 0 spiro atoms. The summed E-state index contributed by atoms with van der Waals surface area (Å²) in [5.74, 6) is 0. The van der Waals surface area contributed by atoms with Crippen molar-refractivity contribution in [1.29, 1.82) is 0 Å². The Balaban J connectivity index is 2.60. The molecular weight excluding hydrogens is 155 g/mol. The smallest absolute Gasteiger partial charge is 0.0901 e. The van der Waals surface area contributed by atoms with Crippen molar-refractivity contribution >= 4 is 7.14 Å². The van der Waals surface area contributed by atoms with Crippen LogP contribution >= 0.6 is 7.14 Å². The molecule has 0 amide bonds. The van der Waals surface area contributed by atoms with Crippen LogP contribution in [0.25, 0.3) is 0 Å². The predicted octanol–water partition coefficient (Wildman–Crippen LogP) is 3.33. The van der Waals surface area contributed by atoms with E-state index < -0.39 is 7.14 Å². The fraction of sp³-hybridized carbons (Fsp3) is 1.00. The third-order valence-electron chi connectivity index (χ3n) is 2.76. The zero-order valence-electron chi connectivity index (χ0n) is 7.68. The van der Waals surface area contributed by atoms with E-state index >= 15 is 0 Å². The number of hydrogen-bond donors (Lipinski definition) is 0. The minimum atomic E-state index is -1.73. The van der Waals surface area contributed by atoms with E-state index in [4.69, 9.17) is 0 Å². The summed E-state index contributed by atoms with van der Waals surface area (Å²) in [4.78, 5) is 0. The van der Waals surface area contributed by atoms with Crippen LogP contribution in [0.3, 0.4) is 0 Å². The van der Waals surface area contributed by atoms with Crippen molar-refractivity contribution in [3.8, 4) is 0 Å². The Labute approximate surface area is 69.9 Å². The van der Waals surface area contributed by atoms with E-state index in [1.165, 1.54) is 25.7 Å². The van der Waals surface area contributed by atoms with E-state index in [1.807, 2.05) is 0 Å². The van der Waals surface area contributed by atoms with Gasteiger partial charge in [0.05, 0.1) is 7.14 Å². The molecule has 1 heterocycles. The van der Waals surface area contributed by atoms with Crippen LogP contribution in [-0.2, 0) is 4.57 Å². The van der Waals surface area contributed by atoms with Gasteiger partial charge < -0.3 is 4.57 Å². The van der Waals surface area contributed by atoms with Crippen LogP contribution in [0.4, 0.5) is 0 Å². The van der Waals surface area contributed by atoms with Crippen molar-refractivity contribution in [1.82, 2.24) is 0 Å². The van der Waals surface area contributed by atoms with Gasteiger partial charge in [0.2, 0.25) is 0 Å². The van der Waals surface area contributed by atoms with Gasteiger partial charge in [0.25, 0.3) is 0 Å². The Hall–Kier alpha value is 0.230. The molecule has 11 heavy (non-hydrogen) atoms. The maximum Gasteiger partial charge on any atom is 0.0901 e. The van der Waals surface area contributed by atoms with Crippen LogP contribution in [0, 0.1) is 0 Å². The van der Waals surface area contributed by atoms with Crippen LogP contribution in [-0.4, -0.2) is 18.0 Å². The lowest BCUT2D eigenvalue weighted by Gasteiger charge is -2.19. The second kappa shape index (κ2) is 3.76. The Bertz CT molecular complexity index is 151. The largest absolute Gasteiger partial charge is 0.323 e. The molecule has 1 fully saturated rings. The van der Waals surface area contributed by atoms with E-state index in [1.54, 1.807) is 0 Å². The minimum absolute atomic E-state index is 0.431. The second-order valence-electron chi connectivity index (χ2n) is 3.91. The highest BCUT2D eigenvalue weighted by Gasteiger charge is 2.26. The van der Waals surface area contributed by atoms with Crippen LogP contribution in [0.2, 0.25) is 0 Å². The molecule has 0 saturated carbocycles. The third-order valence-corrected chi connectivity index (χ3v) is 6.79. The van der Waals surface area contributed by atoms with Crippen LogP contribution < -0.4 is 0 Å². The molecule has 0 aromatic heterocycles. The summed E-state index contributed by atoms with van der Waals surface area (Å²) in [6.07, 6.45) is 7.05. The Morgan fingerprint density at radius 3 is 1.82 bits per heavy atom. The van der Waals surface area contributed by atoms with Gasteiger partial charge in [0, 0.05) is 18.0 Å². The van der Waals surface area contributed by atoms with Crippen molar-refractivity contribution in [2.24, 2.45) is 0 Å². The first kappa shape index (κ1) is 9.32. The molecule has 1 aliphatic rings. The van der Waals surface area contributed by atoms with Crippen LogP contribution in [0.1, 0.15) is 39.5 Å². The molecule has 1 rings (SSSR count). The van der Waals surface area contributed by atoms with Gasteiger partial charge in [-0.1, -0.05) is 26.7 Å². The molecule has 0 aliphatic carbocycles. The van der Waals surface area contributed by atoms with Crippen molar-refractivity contribution in [2.45, 2.75) is 45.2 Å². The summed E-state index contributed by atoms with van der Waals surface area (Å²) >= 11 is 0. The number of hydrogen-bond acceptors (Lipinski definition) is 1. The summed E-state index contributed by atoms with van der Waals surface area (Å²) < 4.78 is 12.2. The molecule has 1 nitrogen and oxygen atoms in total.